The van der Waals surface area contributed by atoms with Crippen LogP contribution in [0.3, 0.4) is 0 Å². The lowest BCUT2D eigenvalue weighted by molar-refractivity contribution is -0.134. The van der Waals surface area contributed by atoms with Gasteiger partial charge >= 0.3 is 0 Å². The van der Waals surface area contributed by atoms with Gasteiger partial charge in [-0.15, -0.1) is 0 Å². The lowest BCUT2D eigenvalue weighted by Gasteiger charge is -2.34. The normalized spacial score (nSPS) is 13.8. The number of ether oxygens (including phenoxy) is 2. The molecule has 1 aromatic heterocycles. The number of hydrogen-bond acceptors (Lipinski definition) is 7. The van der Waals surface area contributed by atoms with Gasteiger partial charge < -0.3 is 24.6 Å². The van der Waals surface area contributed by atoms with Gasteiger partial charge in [-0.05, 0) is 18.2 Å². The molecule has 1 aromatic carbocycles. The van der Waals surface area contributed by atoms with Gasteiger partial charge in [-0.3, -0.25) is 9.59 Å². The highest BCUT2D eigenvalue weighted by Gasteiger charge is 2.24. The largest absolute Gasteiger partial charge is 0.497 e. The van der Waals surface area contributed by atoms with Crippen LogP contribution < -0.4 is 19.7 Å². The van der Waals surface area contributed by atoms with Gasteiger partial charge in [0.25, 0.3) is 0 Å². The van der Waals surface area contributed by atoms with Crippen LogP contribution in [0.4, 0.5) is 11.6 Å². The Labute approximate surface area is 163 Å². The Kier molecular flexibility index (Phi) is 6.25. The van der Waals surface area contributed by atoms with E-state index in [0.29, 0.717) is 49.3 Å². The van der Waals surface area contributed by atoms with Gasteiger partial charge in [0.1, 0.15) is 17.9 Å². The molecule has 2 aromatic rings. The van der Waals surface area contributed by atoms with Crippen molar-refractivity contribution >= 4 is 23.5 Å². The predicted molar refractivity (Wildman–Crippen MR) is 104 cm³/mol. The Balaban J connectivity index is 1.52. The SMILES string of the molecule is COc1ccc(NC(=O)CC(=O)N2CCN(c3ncccn3)CC2)c(OC)c1. The van der Waals surface area contributed by atoms with E-state index in [0.717, 1.165) is 0 Å². The van der Waals surface area contributed by atoms with Crippen LogP contribution in [0.15, 0.2) is 36.7 Å². The summed E-state index contributed by atoms with van der Waals surface area (Å²) in [6.45, 7) is 2.31. The summed E-state index contributed by atoms with van der Waals surface area (Å²) in [5.41, 5.74) is 0.493. The second kappa shape index (κ2) is 9.03. The number of rotatable bonds is 6. The number of amides is 2. The Morgan fingerprint density at radius 3 is 2.43 bits per heavy atom. The van der Waals surface area contributed by atoms with E-state index >= 15 is 0 Å². The predicted octanol–water partition coefficient (Wildman–Crippen LogP) is 1.17. The maximum atomic E-state index is 12.5. The fourth-order valence-corrected chi connectivity index (χ4v) is 2.96. The average Bonchev–Trinajstić information content (AvgIpc) is 2.74. The number of anilines is 2. The van der Waals surface area contributed by atoms with Crippen molar-refractivity contribution in [2.45, 2.75) is 6.42 Å². The molecule has 1 aliphatic heterocycles. The summed E-state index contributed by atoms with van der Waals surface area (Å²) in [5, 5.41) is 2.72. The van der Waals surface area contributed by atoms with Crippen molar-refractivity contribution in [2.75, 3.05) is 50.6 Å². The van der Waals surface area contributed by atoms with Gasteiger partial charge in [0.2, 0.25) is 17.8 Å². The molecule has 1 N–H and O–H groups in total. The standard InChI is InChI=1S/C19H23N5O4/c1-27-14-4-5-15(16(12-14)28-2)22-17(25)13-18(26)23-8-10-24(11-9-23)19-20-6-3-7-21-19/h3-7,12H,8-11,13H2,1-2H3,(H,22,25). The van der Waals surface area contributed by atoms with Gasteiger partial charge in [0.05, 0.1) is 19.9 Å². The van der Waals surface area contributed by atoms with Crippen LogP contribution in [-0.2, 0) is 9.59 Å². The molecular weight excluding hydrogens is 362 g/mol. The Bertz CT molecular complexity index is 822. The fourth-order valence-electron chi connectivity index (χ4n) is 2.96. The molecular formula is C19H23N5O4. The first kappa shape index (κ1) is 19.4. The van der Waals surface area contributed by atoms with E-state index in [2.05, 4.69) is 15.3 Å². The summed E-state index contributed by atoms with van der Waals surface area (Å²) in [4.78, 5) is 36.9. The molecule has 9 nitrogen and oxygen atoms in total. The van der Waals surface area contributed by atoms with E-state index in [1.165, 1.54) is 7.11 Å². The zero-order valence-corrected chi connectivity index (χ0v) is 15.9. The number of carbonyl (C=O) groups is 2. The van der Waals surface area contributed by atoms with Crippen molar-refractivity contribution in [2.24, 2.45) is 0 Å². The van der Waals surface area contributed by atoms with E-state index < -0.39 is 0 Å². The van der Waals surface area contributed by atoms with E-state index in [-0.39, 0.29) is 18.2 Å². The molecule has 2 heterocycles. The molecule has 1 aliphatic rings. The minimum atomic E-state index is -0.387. The first-order valence-electron chi connectivity index (χ1n) is 8.92. The van der Waals surface area contributed by atoms with E-state index in [9.17, 15) is 9.59 Å². The van der Waals surface area contributed by atoms with Crippen LogP contribution in [0.25, 0.3) is 0 Å². The van der Waals surface area contributed by atoms with E-state index in [1.54, 1.807) is 48.7 Å². The van der Waals surface area contributed by atoms with Crippen molar-refractivity contribution in [1.82, 2.24) is 14.9 Å². The molecule has 3 rings (SSSR count). The van der Waals surface area contributed by atoms with Crippen LogP contribution in [-0.4, -0.2) is 67.1 Å². The van der Waals surface area contributed by atoms with Crippen molar-refractivity contribution in [3.63, 3.8) is 0 Å². The monoisotopic (exact) mass is 385 g/mol. The second-order valence-electron chi connectivity index (χ2n) is 6.21. The van der Waals surface area contributed by atoms with Crippen molar-refractivity contribution in [3.05, 3.63) is 36.7 Å². The first-order chi connectivity index (χ1) is 13.6. The molecule has 1 fully saturated rings. The summed E-state index contributed by atoms with van der Waals surface area (Å²) in [5.74, 6) is 1.14. The van der Waals surface area contributed by atoms with Crippen LogP contribution in [0, 0.1) is 0 Å². The Hall–Kier alpha value is -3.36. The van der Waals surface area contributed by atoms with Gasteiger partial charge in [0.15, 0.2) is 0 Å². The van der Waals surface area contributed by atoms with Gasteiger partial charge in [-0.1, -0.05) is 0 Å². The molecule has 148 valence electrons. The third kappa shape index (κ3) is 4.67. The number of hydrogen-bond donors (Lipinski definition) is 1. The maximum absolute atomic E-state index is 12.5. The molecule has 0 atom stereocenters. The zero-order chi connectivity index (χ0) is 19.9. The first-order valence-corrected chi connectivity index (χ1v) is 8.92. The average molecular weight is 385 g/mol. The molecule has 0 unspecified atom stereocenters. The van der Waals surface area contributed by atoms with Crippen molar-refractivity contribution in [3.8, 4) is 11.5 Å². The van der Waals surface area contributed by atoms with Crippen LogP contribution in [0.5, 0.6) is 11.5 Å². The highest BCUT2D eigenvalue weighted by atomic mass is 16.5. The van der Waals surface area contributed by atoms with Gasteiger partial charge in [0, 0.05) is 44.6 Å². The second-order valence-corrected chi connectivity index (χ2v) is 6.21. The van der Waals surface area contributed by atoms with Crippen molar-refractivity contribution < 1.29 is 19.1 Å². The number of nitrogens with zero attached hydrogens (tertiary/aromatic N) is 4. The lowest BCUT2D eigenvalue weighted by atomic mass is 10.2. The molecule has 1 saturated heterocycles. The molecule has 2 amide bonds. The number of piperazine rings is 1. The lowest BCUT2D eigenvalue weighted by Crippen LogP contribution is -2.49. The molecule has 0 saturated carbocycles. The zero-order valence-electron chi connectivity index (χ0n) is 15.9. The summed E-state index contributed by atoms with van der Waals surface area (Å²) < 4.78 is 10.4. The maximum Gasteiger partial charge on any atom is 0.233 e. The Morgan fingerprint density at radius 1 is 1.07 bits per heavy atom. The number of benzene rings is 1. The topological polar surface area (TPSA) is 96.9 Å². The minimum absolute atomic E-state index is 0.210. The summed E-state index contributed by atoms with van der Waals surface area (Å²) in [7, 11) is 3.06. The fraction of sp³-hybridized carbons (Fsp3) is 0.368. The molecule has 0 spiro atoms. The molecule has 0 radical (unpaired) electrons. The highest BCUT2D eigenvalue weighted by molar-refractivity contribution is 6.04. The highest BCUT2D eigenvalue weighted by Crippen LogP contribution is 2.29. The van der Waals surface area contributed by atoms with E-state index in [4.69, 9.17) is 9.47 Å². The van der Waals surface area contributed by atoms with E-state index in [1.807, 2.05) is 4.90 Å². The smallest absolute Gasteiger partial charge is 0.233 e. The third-order valence-corrected chi connectivity index (χ3v) is 4.46. The summed E-state index contributed by atoms with van der Waals surface area (Å²) in [6.07, 6.45) is 3.16. The van der Waals surface area contributed by atoms with Gasteiger partial charge in [-0.25, -0.2) is 9.97 Å². The number of nitrogens with one attached hydrogen (secondary N) is 1. The van der Waals surface area contributed by atoms with Crippen LogP contribution >= 0.6 is 0 Å². The summed E-state index contributed by atoms with van der Waals surface area (Å²) >= 11 is 0. The molecule has 28 heavy (non-hydrogen) atoms. The summed E-state index contributed by atoms with van der Waals surface area (Å²) in [6, 6.07) is 6.82. The van der Waals surface area contributed by atoms with Crippen LogP contribution in [0.2, 0.25) is 0 Å². The number of aromatic nitrogens is 2. The number of methoxy groups -OCH3 is 2. The molecule has 9 heteroatoms. The Morgan fingerprint density at radius 2 is 1.79 bits per heavy atom. The quantitative estimate of drug-likeness (QED) is 0.746. The van der Waals surface area contributed by atoms with Crippen molar-refractivity contribution in [1.29, 1.82) is 0 Å². The minimum Gasteiger partial charge on any atom is -0.497 e. The van der Waals surface area contributed by atoms with Gasteiger partial charge in [-0.2, -0.15) is 0 Å². The van der Waals surface area contributed by atoms with Crippen LogP contribution in [0.1, 0.15) is 6.42 Å². The number of carbonyl (C=O) groups excluding carboxylic acids is 2. The molecule has 0 bridgehead atoms. The molecule has 0 aliphatic carbocycles. The third-order valence-electron chi connectivity index (χ3n) is 4.46.